The molecule has 2 aliphatic carbocycles. The fourth-order valence-electron chi connectivity index (χ4n) is 3.24. The summed E-state index contributed by atoms with van der Waals surface area (Å²) in [5.74, 6) is 2.09. The highest BCUT2D eigenvalue weighted by Gasteiger charge is 2.35. The first kappa shape index (κ1) is 11.0. The van der Waals surface area contributed by atoms with E-state index >= 15 is 0 Å². The molecule has 2 saturated carbocycles. The van der Waals surface area contributed by atoms with Gasteiger partial charge >= 0.3 is 0 Å². The van der Waals surface area contributed by atoms with Crippen LogP contribution in [0, 0.1) is 11.8 Å². The molecule has 0 radical (unpaired) electrons. The molecule has 1 heterocycles. The van der Waals surface area contributed by atoms with Crippen LogP contribution in [-0.2, 0) is 0 Å². The third kappa shape index (κ3) is 2.60. The molecule has 0 aromatic carbocycles. The van der Waals surface area contributed by atoms with Crippen molar-refractivity contribution in [3.63, 3.8) is 0 Å². The summed E-state index contributed by atoms with van der Waals surface area (Å²) in [6, 6.07) is 1.56. The predicted molar refractivity (Wildman–Crippen MR) is 67.5 cm³/mol. The van der Waals surface area contributed by atoms with Crippen molar-refractivity contribution >= 4 is 0 Å². The summed E-state index contributed by atoms with van der Waals surface area (Å²) in [4.78, 5) is 5.48. The van der Waals surface area contributed by atoms with Gasteiger partial charge in [0.15, 0.2) is 0 Å². The van der Waals surface area contributed by atoms with E-state index < -0.39 is 0 Å². The van der Waals surface area contributed by atoms with Crippen LogP contribution in [0.2, 0.25) is 0 Å². The Morgan fingerprint density at radius 3 is 1.81 bits per heavy atom. The highest BCUT2D eigenvalue weighted by Crippen LogP contribution is 2.33. The molecule has 3 rings (SSSR count). The molecule has 1 saturated heterocycles. The Kier molecular flexibility index (Phi) is 2.97. The van der Waals surface area contributed by atoms with Crippen molar-refractivity contribution in [1.29, 1.82) is 0 Å². The van der Waals surface area contributed by atoms with E-state index in [4.69, 9.17) is 0 Å². The summed E-state index contributed by atoms with van der Waals surface area (Å²) < 4.78 is 0. The van der Waals surface area contributed by atoms with Gasteiger partial charge in [-0.2, -0.15) is 0 Å². The molecule has 1 aliphatic heterocycles. The van der Waals surface area contributed by atoms with E-state index in [0.717, 1.165) is 23.9 Å². The van der Waals surface area contributed by atoms with Gasteiger partial charge in [-0.05, 0) is 51.4 Å². The molecule has 3 aliphatic rings. The van der Waals surface area contributed by atoms with Crippen LogP contribution >= 0.6 is 0 Å². The van der Waals surface area contributed by atoms with Crippen molar-refractivity contribution in [2.75, 3.05) is 26.2 Å². The Morgan fingerprint density at radius 1 is 0.812 bits per heavy atom. The molecule has 0 N–H and O–H groups in total. The molecule has 0 spiro atoms. The predicted octanol–water partition coefficient (Wildman–Crippen LogP) is 2.20. The standard InChI is InChI=1S/C14H26N2/c1-11-7-15(9-13-3-4-13)8-12(2)16(11)10-14-5-6-14/h11-14H,3-10H2,1-2H3/t11-,12-/m1/s1. The quantitative estimate of drug-likeness (QED) is 0.719. The van der Waals surface area contributed by atoms with Gasteiger partial charge < -0.3 is 0 Å². The first-order chi connectivity index (χ1) is 7.72. The van der Waals surface area contributed by atoms with Crippen LogP contribution in [0.4, 0.5) is 0 Å². The Balaban J connectivity index is 1.53. The molecule has 3 fully saturated rings. The van der Waals surface area contributed by atoms with Crippen molar-refractivity contribution < 1.29 is 0 Å². The maximum absolute atomic E-state index is 2.76. The van der Waals surface area contributed by atoms with Gasteiger partial charge in [-0.15, -0.1) is 0 Å². The minimum Gasteiger partial charge on any atom is -0.300 e. The highest BCUT2D eigenvalue weighted by molar-refractivity contribution is 4.90. The molecule has 16 heavy (non-hydrogen) atoms. The van der Waals surface area contributed by atoms with Crippen molar-refractivity contribution in [2.45, 2.75) is 51.6 Å². The molecule has 0 aromatic heterocycles. The summed E-state index contributed by atoms with van der Waals surface area (Å²) in [5.41, 5.74) is 0. The SMILES string of the molecule is C[C@@H]1CN(CC2CC2)C[C@@H](C)N1CC1CC1. The zero-order chi connectivity index (χ0) is 11.1. The van der Waals surface area contributed by atoms with Crippen LogP contribution < -0.4 is 0 Å². The van der Waals surface area contributed by atoms with Gasteiger partial charge in [0, 0.05) is 38.3 Å². The normalized spacial score (nSPS) is 37.9. The Morgan fingerprint density at radius 2 is 1.31 bits per heavy atom. The van der Waals surface area contributed by atoms with E-state index in [1.807, 2.05) is 0 Å². The summed E-state index contributed by atoms with van der Waals surface area (Å²) in [5, 5.41) is 0. The zero-order valence-electron chi connectivity index (χ0n) is 10.9. The Hall–Kier alpha value is -0.0800. The van der Waals surface area contributed by atoms with E-state index in [2.05, 4.69) is 23.6 Å². The highest BCUT2D eigenvalue weighted by atomic mass is 15.3. The lowest BCUT2D eigenvalue weighted by molar-refractivity contribution is 0.0334. The fraction of sp³-hybridized carbons (Fsp3) is 1.00. The summed E-state index contributed by atoms with van der Waals surface area (Å²) in [6.45, 7) is 10.2. The molecule has 2 atom stereocenters. The molecule has 0 aromatic rings. The summed E-state index contributed by atoms with van der Waals surface area (Å²) in [7, 11) is 0. The molecule has 92 valence electrons. The van der Waals surface area contributed by atoms with Crippen LogP contribution in [-0.4, -0.2) is 48.1 Å². The largest absolute Gasteiger partial charge is 0.300 e. The fourth-order valence-corrected chi connectivity index (χ4v) is 3.24. The maximum Gasteiger partial charge on any atom is 0.0198 e. The van der Waals surface area contributed by atoms with Crippen LogP contribution in [0.25, 0.3) is 0 Å². The molecule has 0 unspecified atom stereocenters. The zero-order valence-corrected chi connectivity index (χ0v) is 10.9. The first-order valence-corrected chi connectivity index (χ1v) is 7.20. The van der Waals surface area contributed by atoms with Gasteiger partial charge in [0.1, 0.15) is 0 Å². The van der Waals surface area contributed by atoms with Crippen LogP contribution in [0.3, 0.4) is 0 Å². The molecular weight excluding hydrogens is 196 g/mol. The molecular formula is C14H26N2. The average Bonchev–Trinajstić information content (AvgIpc) is 3.06. The topological polar surface area (TPSA) is 6.48 Å². The van der Waals surface area contributed by atoms with Crippen LogP contribution in [0.1, 0.15) is 39.5 Å². The Labute approximate surface area is 100.0 Å². The van der Waals surface area contributed by atoms with Crippen LogP contribution in [0.15, 0.2) is 0 Å². The van der Waals surface area contributed by atoms with Gasteiger partial charge in [0.25, 0.3) is 0 Å². The molecule has 2 nitrogen and oxygen atoms in total. The lowest BCUT2D eigenvalue weighted by Crippen LogP contribution is -2.57. The van der Waals surface area contributed by atoms with E-state index in [0.29, 0.717) is 0 Å². The number of rotatable bonds is 4. The van der Waals surface area contributed by atoms with Gasteiger partial charge in [0.2, 0.25) is 0 Å². The minimum atomic E-state index is 0.781. The van der Waals surface area contributed by atoms with E-state index in [-0.39, 0.29) is 0 Å². The lowest BCUT2D eigenvalue weighted by Gasteiger charge is -2.44. The smallest absolute Gasteiger partial charge is 0.0198 e. The van der Waals surface area contributed by atoms with E-state index in [1.54, 1.807) is 0 Å². The third-order valence-electron chi connectivity index (χ3n) is 4.56. The van der Waals surface area contributed by atoms with Crippen molar-refractivity contribution in [2.24, 2.45) is 11.8 Å². The van der Waals surface area contributed by atoms with E-state index in [1.165, 1.54) is 51.9 Å². The minimum absolute atomic E-state index is 0.781. The number of nitrogens with zero attached hydrogens (tertiary/aromatic N) is 2. The molecule has 0 amide bonds. The second-order valence-electron chi connectivity index (χ2n) is 6.50. The van der Waals surface area contributed by atoms with Gasteiger partial charge in [-0.1, -0.05) is 0 Å². The number of piperazine rings is 1. The van der Waals surface area contributed by atoms with Gasteiger partial charge in [-0.3, -0.25) is 9.80 Å². The second kappa shape index (κ2) is 4.30. The number of hydrogen-bond donors (Lipinski definition) is 0. The van der Waals surface area contributed by atoms with E-state index in [9.17, 15) is 0 Å². The first-order valence-electron chi connectivity index (χ1n) is 7.20. The van der Waals surface area contributed by atoms with Crippen LogP contribution in [0.5, 0.6) is 0 Å². The van der Waals surface area contributed by atoms with Gasteiger partial charge in [-0.25, -0.2) is 0 Å². The molecule has 0 bridgehead atoms. The Bertz CT molecular complexity index is 233. The van der Waals surface area contributed by atoms with Crippen molar-refractivity contribution in [3.05, 3.63) is 0 Å². The summed E-state index contributed by atoms with van der Waals surface area (Å²) >= 11 is 0. The van der Waals surface area contributed by atoms with Crippen molar-refractivity contribution in [1.82, 2.24) is 9.80 Å². The lowest BCUT2D eigenvalue weighted by atomic mass is 10.1. The molecule has 2 heteroatoms. The average molecular weight is 222 g/mol. The third-order valence-corrected chi connectivity index (χ3v) is 4.56. The maximum atomic E-state index is 2.76. The number of hydrogen-bond acceptors (Lipinski definition) is 2. The van der Waals surface area contributed by atoms with Crippen molar-refractivity contribution in [3.8, 4) is 0 Å². The second-order valence-corrected chi connectivity index (χ2v) is 6.50. The monoisotopic (exact) mass is 222 g/mol. The summed E-state index contributed by atoms with van der Waals surface area (Å²) in [6.07, 6.45) is 5.96. The van der Waals surface area contributed by atoms with Gasteiger partial charge in [0.05, 0.1) is 0 Å².